The quantitative estimate of drug-likeness (QED) is 0.485. The molecule has 0 aromatic heterocycles. The van der Waals surface area contributed by atoms with Crippen LogP contribution >= 0.6 is 0 Å². The van der Waals surface area contributed by atoms with Crippen molar-refractivity contribution in [2.75, 3.05) is 0 Å². The van der Waals surface area contributed by atoms with Gasteiger partial charge in [-0.3, -0.25) is 18.8 Å². The SMILES string of the molecule is C.F.F.F.F.FC(F)F. The van der Waals surface area contributed by atoms with Gasteiger partial charge in [0.25, 0.3) is 0 Å². The molecule has 9 heavy (non-hydrogen) atoms. The fourth-order valence-electron chi connectivity index (χ4n) is 0. The van der Waals surface area contributed by atoms with Gasteiger partial charge < -0.3 is 0 Å². The fraction of sp³-hybridized carbons (Fsp3) is 1.00. The zero-order chi connectivity index (χ0) is 3.58. The van der Waals surface area contributed by atoms with E-state index in [9.17, 15) is 13.2 Å². The first-order valence-corrected chi connectivity index (χ1v) is 0.655. The zero-order valence-electron chi connectivity index (χ0n) is 3.34. The molecular formula is C2H9F7. The molecule has 0 amide bonds. The Morgan fingerprint density at radius 1 is 0.667 bits per heavy atom. The highest BCUT2D eigenvalue weighted by atomic mass is 19.4. The van der Waals surface area contributed by atoms with Gasteiger partial charge in [0.05, 0.1) is 0 Å². The van der Waals surface area contributed by atoms with Gasteiger partial charge in [-0.25, -0.2) is 0 Å². The lowest BCUT2D eigenvalue weighted by atomic mass is 11.6. The average molecular weight is 166 g/mol. The number of hydrogen-bond donors (Lipinski definition) is 0. The van der Waals surface area contributed by atoms with E-state index >= 15 is 0 Å². The summed E-state index contributed by atoms with van der Waals surface area (Å²) in [6, 6.07) is 0. The van der Waals surface area contributed by atoms with Crippen LogP contribution in [0, 0.1) is 0 Å². The summed E-state index contributed by atoms with van der Waals surface area (Å²) in [6.07, 6.45) is 0. The van der Waals surface area contributed by atoms with Crippen LogP contribution in [0.2, 0.25) is 0 Å². The van der Waals surface area contributed by atoms with Gasteiger partial charge in [0.15, 0.2) is 0 Å². The van der Waals surface area contributed by atoms with Crippen LogP contribution in [-0.2, 0) is 0 Å². The Labute approximate surface area is 47.5 Å². The third-order valence-electron chi connectivity index (χ3n) is 0. The number of hydrogen-bond acceptors (Lipinski definition) is 0. The smallest absolute Gasteiger partial charge is 0.269 e. The molecule has 0 spiro atoms. The maximum atomic E-state index is 9.67. The van der Waals surface area contributed by atoms with E-state index in [1.807, 2.05) is 0 Å². The molecule has 7 heteroatoms. The number of halogens is 7. The highest BCUT2D eigenvalue weighted by Gasteiger charge is 1.86. The molecule has 0 saturated carbocycles. The molecule has 0 radical (unpaired) electrons. The molecule has 0 nitrogen and oxygen atoms in total. The van der Waals surface area contributed by atoms with E-state index < -0.39 is 6.68 Å². The van der Waals surface area contributed by atoms with Gasteiger partial charge in [0.2, 0.25) is 0 Å². The van der Waals surface area contributed by atoms with Crippen LogP contribution in [0.3, 0.4) is 0 Å². The number of rotatable bonds is 0. The predicted molar refractivity (Wildman–Crippen MR) is 23.9 cm³/mol. The molecule has 0 bridgehead atoms. The molecule has 0 heterocycles. The van der Waals surface area contributed by atoms with E-state index in [1.54, 1.807) is 0 Å². The van der Waals surface area contributed by atoms with Crippen molar-refractivity contribution < 1.29 is 32.0 Å². The summed E-state index contributed by atoms with van der Waals surface area (Å²) in [5.74, 6) is 0. The van der Waals surface area contributed by atoms with Gasteiger partial charge in [-0.15, -0.1) is 0 Å². The first-order chi connectivity index (χ1) is 1.73. The van der Waals surface area contributed by atoms with Crippen LogP contribution in [0.15, 0.2) is 0 Å². The Bertz CT molecular complexity index is 11.6. The van der Waals surface area contributed by atoms with Crippen molar-refractivity contribution in [1.82, 2.24) is 0 Å². The van der Waals surface area contributed by atoms with Crippen molar-refractivity contribution in [3.63, 3.8) is 0 Å². The normalized spacial score (nSPS) is 4.00. The van der Waals surface area contributed by atoms with E-state index in [-0.39, 0.29) is 26.2 Å². The monoisotopic (exact) mass is 166 g/mol. The van der Waals surface area contributed by atoms with Crippen molar-refractivity contribution in [3.05, 3.63) is 0 Å². The maximum Gasteiger partial charge on any atom is 0.379 e. The summed E-state index contributed by atoms with van der Waals surface area (Å²) >= 11 is 0. The molecule has 0 aliphatic rings. The lowest BCUT2D eigenvalue weighted by Crippen LogP contribution is -1.65. The molecule has 0 N–H and O–H groups in total. The lowest BCUT2D eigenvalue weighted by molar-refractivity contribution is 0.00819. The van der Waals surface area contributed by atoms with E-state index in [4.69, 9.17) is 0 Å². The highest BCUT2D eigenvalue weighted by Crippen LogP contribution is 1.87. The van der Waals surface area contributed by atoms with Crippen molar-refractivity contribution in [3.8, 4) is 0 Å². The zero-order valence-corrected chi connectivity index (χ0v) is 3.34. The van der Waals surface area contributed by atoms with Crippen molar-refractivity contribution in [1.29, 1.82) is 0 Å². The van der Waals surface area contributed by atoms with Gasteiger partial charge in [-0.1, -0.05) is 7.43 Å². The Morgan fingerprint density at radius 3 is 0.667 bits per heavy atom. The topological polar surface area (TPSA) is 0 Å². The summed E-state index contributed by atoms with van der Waals surface area (Å²) < 4.78 is 29.0. The Kier molecular flexibility index (Phi) is 428. The molecule has 0 aliphatic carbocycles. The molecule has 0 fully saturated rings. The molecular weight excluding hydrogens is 157 g/mol. The van der Waals surface area contributed by atoms with Crippen molar-refractivity contribution >= 4 is 0 Å². The van der Waals surface area contributed by atoms with Crippen molar-refractivity contribution in [2.24, 2.45) is 0 Å². The van der Waals surface area contributed by atoms with E-state index in [0.29, 0.717) is 0 Å². The van der Waals surface area contributed by atoms with Crippen molar-refractivity contribution in [2.45, 2.75) is 14.1 Å². The summed E-state index contributed by atoms with van der Waals surface area (Å²) in [6.45, 7) is -3.67. The second-order valence-corrected chi connectivity index (χ2v) is 0.247. The largest absolute Gasteiger partial charge is 0.379 e. The molecule has 0 aromatic carbocycles. The van der Waals surface area contributed by atoms with Gasteiger partial charge in [-0.2, -0.15) is 13.2 Å². The Balaban J connectivity index is -0.00000000450. The Hall–Kier alpha value is -0.490. The molecule has 0 aliphatic heterocycles. The summed E-state index contributed by atoms with van der Waals surface area (Å²) in [5, 5.41) is 0. The minimum Gasteiger partial charge on any atom is -0.269 e. The Morgan fingerprint density at radius 2 is 0.667 bits per heavy atom. The minimum atomic E-state index is -3.67. The van der Waals surface area contributed by atoms with Crippen LogP contribution in [0.4, 0.5) is 32.0 Å². The van der Waals surface area contributed by atoms with E-state index in [0.717, 1.165) is 0 Å². The molecule has 66 valence electrons. The first-order valence-electron chi connectivity index (χ1n) is 0.655. The minimum absolute atomic E-state index is 0. The second-order valence-electron chi connectivity index (χ2n) is 0.247. The van der Waals surface area contributed by atoms with Crippen LogP contribution in [-0.4, -0.2) is 6.68 Å². The van der Waals surface area contributed by atoms with Gasteiger partial charge in [0, 0.05) is 0 Å². The van der Waals surface area contributed by atoms with Gasteiger partial charge in [0.1, 0.15) is 0 Å². The predicted octanol–water partition coefficient (Wildman–Crippen LogP) is 2.42. The van der Waals surface area contributed by atoms with E-state index in [2.05, 4.69) is 0 Å². The maximum absolute atomic E-state index is 9.67. The summed E-state index contributed by atoms with van der Waals surface area (Å²) in [5.41, 5.74) is 0. The molecule has 0 rings (SSSR count). The average Bonchev–Trinajstić information content (AvgIpc) is 0.811. The van der Waals surface area contributed by atoms with Crippen LogP contribution < -0.4 is 0 Å². The second kappa shape index (κ2) is 50.5. The molecule has 0 saturated heterocycles. The standard InChI is InChI=1S/CHF3.CH4.4FH/c2-1(3)4;;;;;/h1H;1H4;4*1H. The summed E-state index contributed by atoms with van der Waals surface area (Å²) in [4.78, 5) is 0. The first kappa shape index (κ1) is 76.2. The van der Waals surface area contributed by atoms with Gasteiger partial charge in [-0.05, 0) is 0 Å². The van der Waals surface area contributed by atoms with Crippen LogP contribution in [0.25, 0.3) is 0 Å². The molecule has 0 atom stereocenters. The van der Waals surface area contributed by atoms with E-state index in [1.165, 1.54) is 0 Å². The summed E-state index contributed by atoms with van der Waals surface area (Å²) in [7, 11) is 0. The third kappa shape index (κ3) is 950. The van der Waals surface area contributed by atoms with Crippen LogP contribution in [0.5, 0.6) is 0 Å². The molecule has 0 aromatic rings. The van der Waals surface area contributed by atoms with Crippen LogP contribution in [0.1, 0.15) is 7.43 Å². The number of alkyl halides is 3. The van der Waals surface area contributed by atoms with Gasteiger partial charge >= 0.3 is 6.68 Å². The fourth-order valence-corrected chi connectivity index (χ4v) is 0. The lowest BCUT2D eigenvalue weighted by Gasteiger charge is -1.65. The highest BCUT2D eigenvalue weighted by molar-refractivity contribution is 3.83. The third-order valence-corrected chi connectivity index (χ3v) is 0. The molecule has 0 unspecified atom stereocenters.